The Hall–Kier alpha value is -1.16. The summed E-state index contributed by atoms with van der Waals surface area (Å²) in [6.07, 6.45) is 39.6. The van der Waals surface area contributed by atoms with Crippen molar-refractivity contribution in [1.29, 1.82) is 0 Å². The van der Waals surface area contributed by atoms with E-state index >= 15 is 0 Å². The third-order valence-corrected chi connectivity index (χ3v) is 12.9. The van der Waals surface area contributed by atoms with E-state index in [4.69, 9.17) is 18.9 Å². The third-order valence-electron chi connectivity index (χ3n) is 12.4. The molecular weight excluding hydrogens is 837 g/mol. The smallest absolute Gasteiger partial charge is 0.397 e. The van der Waals surface area contributed by atoms with Gasteiger partial charge >= 0.3 is 16.4 Å². The number of hydrogen-bond donors (Lipinski definition) is 4. The van der Waals surface area contributed by atoms with Gasteiger partial charge in [0.1, 0.15) is 30.5 Å². The summed E-state index contributed by atoms with van der Waals surface area (Å²) in [6.45, 7) is 4.03. The molecular formula is C51H98O12S. The lowest BCUT2D eigenvalue weighted by Gasteiger charge is -2.41. The largest absolute Gasteiger partial charge is 0.457 e. The molecule has 0 aliphatic carbocycles. The first-order chi connectivity index (χ1) is 31.1. The van der Waals surface area contributed by atoms with E-state index in [0.29, 0.717) is 13.0 Å². The summed E-state index contributed by atoms with van der Waals surface area (Å²) in [5, 5.41) is 30.8. The van der Waals surface area contributed by atoms with E-state index in [9.17, 15) is 33.1 Å². The predicted molar refractivity (Wildman–Crippen MR) is 258 cm³/mol. The molecule has 1 fully saturated rings. The Morgan fingerprint density at radius 2 is 0.984 bits per heavy atom. The van der Waals surface area contributed by atoms with Crippen LogP contribution in [0.3, 0.4) is 0 Å². The molecule has 0 radical (unpaired) electrons. The van der Waals surface area contributed by atoms with Gasteiger partial charge in [0.05, 0.1) is 19.8 Å². The van der Waals surface area contributed by atoms with Gasteiger partial charge in [0.2, 0.25) is 0 Å². The average molecular weight is 935 g/mol. The standard InChI is InChI=1S/C51H98O12S/c1-3-5-7-9-11-13-15-17-19-21-22-23-24-26-28-30-32-34-36-38-40-47(53)61-45(44-60-51-49(55)50(63-64(56,57)58)48(54)46(42-52)62-51)43-59-41-39-37-35-33-31-29-27-25-20-18-16-14-12-10-8-6-4-2/h20,25,45-46,48-52,54-55H,3-19,21-24,26-44H2,1-2H3,(H,56,57,58)/b25-20-. The lowest BCUT2D eigenvalue weighted by Crippen LogP contribution is -2.60. The van der Waals surface area contributed by atoms with Gasteiger partial charge in [-0.1, -0.05) is 212 Å². The fourth-order valence-electron chi connectivity index (χ4n) is 8.38. The molecule has 6 unspecified atom stereocenters. The number of aliphatic hydroxyl groups excluding tert-OH is 3. The summed E-state index contributed by atoms with van der Waals surface area (Å²) < 4.78 is 59.3. The maximum atomic E-state index is 12.9. The molecule has 1 aliphatic heterocycles. The van der Waals surface area contributed by atoms with Crippen LogP contribution in [-0.2, 0) is 38.3 Å². The molecule has 0 aromatic carbocycles. The van der Waals surface area contributed by atoms with Crippen molar-refractivity contribution in [3.05, 3.63) is 12.2 Å². The third kappa shape index (κ3) is 36.0. The van der Waals surface area contributed by atoms with Crippen LogP contribution in [0.25, 0.3) is 0 Å². The van der Waals surface area contributed by atoms with Crippen molar-refractivity contribution in [1.82, 2.24) is 0 Å². The molecule has 1 rings (SSSR count). The molecule has 0 bridgehead atoms. The fourth-order valence-corrected chi connectivity index (χ4v) is 8.88. The molecule has 1 saturated heterocycles. The quantitative estimate of drug-likeness (QED) is 0.0197. The lowest BCUT2D eigenvalue weighted by molar-refractivity contribution is -0.301. The highest BCUT2D eigenvalue weighted by atomic mass is 32.3. The van der Waals surface area contributed by atoms with E-state index in [0.717, 1.165) is 44.9 Å². The minimum atomic E-state index is -5.06. The van der Waals surface area contributed by atoms with Crippen LogP contribution < -0.4 is 0 Å². The van der Waals surface area contributed by atoms with E-state index in [2.05, 4.69) is 30.2 Å². The first kappa shape index (κ1) is 60.9. The second-order valence-corrected chi connectivity index (χ2v) is 19.5. The normalized spacial score (nSPS) is 19.8. The summed E-state index contributed by atoms with van der Waals surface area (Å²) in [5.74, 6) is -0.395. The number of carbonyl (C=O) groups excluding carboxylic acids is 1. The monoisotopic (exact) mass is 935 g/mol. The highest BCUT2D eigenvalue weighted by Crippen LogP contribution is 2.26. The summed E-state index contributed by atoms with van der Waals surface area (Å²) in [5.41, 5.74) is 0. The molecule has 13 heteroatoms. The molecule has 64 heavy (non-hydrogen) atoms. The van der Waals surface area contributed by atoms with Crippen LogP contribution in [-0.4, -0.2) is 97.5 Å². The van der Waals surface area contributed by atoms with E-state index in [1.54, 1.807) is 0 Å². The topological polar surface area (TPSA) is 178 Å². The van der Waals surface area contributed by atoms with E-state index in [1.807, 2.05) is 0 Å². The summed E-state index contributed by atoms with van der Waals surface area (Å²) >= 11 is 0. The highest BCUT2D eigenvalue weighted by Gasteiger charge is 2.48. The molecule has 1 heterocycles. The Labute approximate surface area is 391 Å². The first-order valence-electron chi connectivity index (χ1n) is 26.4. The van der Waals surface area contributed by atoms with Gasteiger partial charge in [-0.05, 0) is 38.5 Å². The minimum Gasteiger partial charge on any atom is -0.457 e. The summed E-state index contributed by atoms with van der Waals surface area (Å²) in [6, 6.07) is 0. The second-order valence-electron chi connectivity index (χ2n) is 18.5. The van der Waals surface area contributed by atoms with Crippen LogP contribution in [0.4, 0.5) is 0 Å². The molecule has 12 nitrogen and oxygen atoms in total. The number of unbranched alkanes of at least 4 members (excludes halogenated alkanes) is 32. The molecule has 0 amide bonds. The number of allylic oxidation sites excluding steroid dienone is 2. The maximum absolute atomic E-state index is 12.9. The van der Waals surface area contributed by atoms with Gasteiger partial charge in [-0.2, -0.15) is 8.42 Å². The van der Waals surface area contributed by atoms with Crippen LogP contribution >= 0.6 is 0 Å². The van der Waals surface area contributed by atoms with Gasteiger partial charge in [0, 0.05) is 13.0 Å². The van der Waals surface area contributed by atoms with Gasteiger partial charge in [-0.25, -0.2) is 4.18 Å². The van der Waals surface area contributed by atoms with Crippen LogP contribution in [0.15, 0.2) is 12.2 Å². The number of carbonyl (C=O) groups is 1. The molecule has 380 valence electrons. The van der Waals surface area contributed by atoms with Crippen LogP contribution in [0.5, 0.6) is 0 Å². The van der Waals surface area contributed by atoms with Crippen molar-refractivity contribution in [3.63, 3.8) is 0 Å². The zero-order valence-corrected chi connectivity index (χ0v) is 41.7. The Kier molecular flexibility index (Phi) is 41.0. The van der Waals surface area contributed by atoms with Crippen molar-refractivity contribution < 1.29 is 56.2 Å². The van der Waals surface area contributed by atoms with Crippen LogP contribution in [0, 0.1) is 0 Å². The van der Waals surface area contributed by atoms with Gasteiger partial charge in [0.25, 0.3) is 0 Å². The SMILES string of the molecule is CCCCCCCCC/C=C\CCCCCCCCOCC(COC1OC(CO)C(O)C(OS(=O)(=O)O)C1O)OC(=O)CCCCCCCCCCCCCCCCCCCCCC. The van der Waals surface area contributed by atoms with Gasteiger partial charge in [0.15, 0.2) is 6.29 Å². The number of aliphatic hydroxyl groups is 3. The highest BCUT2D eigenvalue weighted by molar-refractivity contribution is 7.80. The van der Waals surface area contributed by atoms with Crippen molar-refractivity contribution in [2.75, 3.05) is 26.4 Å². The predicted octanol–water partition coefficient (Wildman–Crippen LogP) is 12.2. The van der Waals surface area contributed by atoms with Crippen LogP contribution in [0.1, 0.15) is 245 Å². The van der Waals surface area contributed by atoms with Crippen LogP contribution in [0.2, 0.25) is 0 Å². The van der Waals surface area contributed by atoms with E-state index < -0.39 is 59.8 Å². The van der Waals surface area contributed by atoms with E-state index in [1.165, 1.54) is 173 Å². The van der Waals surface area contributed by atoms with Crippen molar-refractivity contribution in [2.45, 2.75) is 282 Å². The first-order valence-corrected chi connectivity index (χ1v) is 27.8. The van der Waals surface area contributed by atoms with Gasteiger partial charge < -0.3 is 34.3 Å². The summed E-state index contributed by atoms with van der Waals surface area (Å²) in [7, 11) is -5.06. The molecule has 0 saturated carbocycles. The molecule has 1 aliphatic rings. The number of esters is 1. The zero-order chi connectivity index (χ0) is 46.8. The fraction of sp³-hybridized carbons (Fsp3) is 0.941. The number of hydrogen-bond acceptors (Lipinski definition) is 11. The molecule has 0 aromatic rings. The average Bonchev–Trinajstić information content (AvgIpc) is 3.27. The Morgan fingerprint density at radius 1 is 0.578 bits per heavy atom. The lowest BCUT2D eigenvalue weighted by atomic mass is 9.99. The molecule has 0 aromatic heterocycles. The van der Waals surface area contributed by atoms with E-state index in [-0.39, 0.29) is 19.6 Å². The minimum absolute atomic E-state index is 0.0377. The Balaban J connectivity index is 2.34. The molecule has 4 N–H and O–H groups in total. The number of rotatable bonds is 47. The summed E-state index contributed by atoms with van der Waals surface area (Å²) in [4.78, 5) is 12.9. The van der Waals surface area contributed by atoms with Gasteiger partial charge in [-0.3, -0.25) is 9.35 Å². The second kappa shape index (κ2) is 43.1. The molecule has 0 spiro atoms. The number of ether oxygens (including phenoxy) is 4. The Bertz CT molecular complexity index is 1170. The van der Waals surface area contributed by atoms with Crippen molar-refractivity contribution in [3.8, 4) is 0 Å². The molecule has 6 atom stereocenters. The Morgan fingerprint density at radius 3 is 1.41 bits per heavy atom. The zero-order valence-electron chi connectivity index (χ0n) is 40.9. The van der Waals surface area contributed by atoms with Gasteiger partial charge in [-0.15, -0.1) is 0 Å². The maximum Gasteiger partial charge on any atom is 0.397 e. The van der Waals surface area contributed by atoms with Crippen molar-refractivity contribution >= 4 is 16.4 Å². The van der Waals surface area contributed by atoms with Crippen molar-refractivity contribution in [2.24, 2.45) is 0 Å².